The Kier molecular flexibility index (Phi) is 21.1. The quantitative estimate of drug-likeness (QED) is 0.125. The van der Waals surface area contributed by atoms with Gasteiger partial charge in [0.05, 0.1) is 66.1 Å². The fourth-order valence-electron chi connectivity index (χ4n) is 3.80. The minimum atomic E-state index is 0.528. The number of unbranched alkanes of at least 4 members (excludes halogenated alkanes) is 5. The molecule has 2 aromatic rings. The molecule has 0 aromatic heterocycles. The molecule has 7 heteroatoms. The molecular weight excluding hydrogens is 496 g/mol. The van der Waals surface area contributed by atoms with Gasteiger partial charge in [-0.2, -0.15) is 0 Å². The number of rotatable bonds is 27. The van der Waals surface area contributed by atoms with E-state index in [1.165, 1.54) is 44.1 Å². The molecule has 39 heavy (non-hydrogen) atoms. The van der Waals surface area contributed by atoms with Crippen LogP contribution in [0.15, 0.2) is 54.6 Å². The summed E-state index contributed by atoms with van der Waals surface area (Å²) >= 11 is 0. The number of para-hydroxylation sites is 1. The van der Waals surface area contributed by atoms with E-state index in [1.807, 2.05) is 30.3 Å². The van der Waals surface area contributed by atoms with Gasteiger partial charge in [-0.15, -0.1) is 0 Å². The summed E-state index contributed by atoms with van der Waals surface area (Å²) in [6.45, 7) is 8.70. The van der Waals surface area contributed by atoms with Crippen LogP contribution in [0.3, 0.4) is 0 Å². The normalized spacial score (nSPS) is 11.1. The molecule has 220 valence electrons. The Morgan fingerprint density at radius 3 is 1.31 bits per heavy atom. The fourth-order valence-corrected chi connectivity index (χ4v) is 3.80. The molecule has 7 nitrogen and oxygen atoms in total. The van der Waals surface area contributed by atoms with Crippen molar-refractivity contribution >= 4 is 0 Å². The van der Waals surface area contributed by atoms with Gasteiger partial charge in [0.15, 0.2) is 0 Å². The lowest BCUT2D eigenvalue weighted by Crippen LogP contribution is -2.15. The van der Waals surface area contributed by atoms with Crippen LogP contribution in [0.4, 0.5) is 0 Å². The molecule has 2 rings (SSSR count). The standard InChI is InChI=1S/C32H50O7/c1-2-3-4-5-6-8-11-30-14-16-32(17-15-30)39-29-27-37-25-23-35-21-19-33-18-20-34-22-24-36-26-28-38-31-12-9-7-10-13-31/h7,9-10,12-17H,2-6,8,11,18-29H2,1H3. The Labute approximate surface area is 236 Å². The molecule has 0 amide bonds. The zero-order valence-corrected chi connectivity index (χ0v) is 24.0. The van der Waals surface area contributed by atoms with Crippen LogP contribution in [0, 0.1) is 0 Å². The summed E-state index contributed by atoms with van der Waals surface area (Å²) in [6.07, 6.45) is 9.13. The lowest BCUT2D eigenvalue weighted by molar-refractivity contribution is -0.0141. The second-order valence-corrected chi connectivity index (χ2v) is 9.23. The summed E-state index contributed by atoms with van der Waals surface area (Å²) in [4.78, 5) is 0. The molecule has 0 aliphatic heterocycles. The van der Waals surface area contributed by atoms with Crippen molar-refractivity contribution < 1.29 is 33.2 Å². The molecule has 0 N–H and O–H groups in total. The smallest absolute Gasteiger partial charge is 0.119 e. The Bertz CT molecular complexity index is 770. The van der Waals surface area contributed by atoms with Gasteiger partial charge < -0.3 is 33.2 Å². The summed E-state index contributed by atoms with van der Waals surface area (Å²) in [5.74, 6) is 1.75. The molecule has 2 aromatic carbocycles. The van der Waals surface area contributed by atoms with Crippen LogP contribution in [0.1, 0.15) is 51.0 Å². The van der Waals surface area contributed by atoms with Crippen molar-refractivity contribution in [1.82, 2.24) is 0 Å². The molecule has 0 heterocycles. The van der Waals surface area contributed by atoms with E-state index in [0.717, 1.165) is 17.9 Å². The lowest BCUT2D eigenvalue weighted by atomic mass is 10.0. The molecule has 0 aliphatic rings. The van der Waals surface area contributed by atoms with Gasteiger partial charge in [0.2, 0.25) is 0 Å². The van der Waals surface area contributed by atoms with Crippen molar-refractivity contribution in [1.29, 1.82) is 0 Å². The summed E-state index contributed by atoms with van der Waals surface area (Å²) in [7, 11) is 0. The Balaban J connectivity index is 1.26. The largest absolute Gasteiger partial charge is 0.491 e. The molecular formula is C32H50O7. The number of ether oxygens (including phenoxy) is 7. The molecule has 0 fully saturated rings. The van der Waals surface area contributed by atoms with Crippen molar-refractivity contribution in [3.05, 3.63) is 60.2 Å². The van der Waals surface area contributed by atoms with Crippen molar-refractivity contribution in [2.24, 2.45) is 0 Å². The van der Waals surface area contributed by atoms with Gasteiger partial charge in [-0.05, 0) is 42.7 Å². The maximum atomic E-state index is 5.76. The number of hydrogen-bond donors (Lipinski definition) is 0. The van der Waals surface area contributed by atoms with Gasteiger partial charge in [-0.3, -0.25) is 0 Å². The van der Waals surface area contributed by atoms with Crippen LogP contribution in [-0.4, -0.2) is 79.3 Å². The number of hydrogen-bond acceptors (Lipinski definition) is 7. The maximum absolute atomic E-state index is 5.76. The summed E-state index contributed by atoms with van der Waals surface area (Å²) in [5.41, 5.74) is 1.38. The number of benzene rings is 2. The van der Waals surface area contributed by atoms with Crippen molar-refractivity contribution in [3.63, 3.8) is 0 Å². The third-order valence-corrected chi connectivity index (χ3v) is 5.97. The highest BCUT2D eigenvalue weighted by Crippen LogP contribution is 2.15. The molecule has 0 saturated heterocycles. The first kappa shape index (κ1) is 33.0. The van der Waals surface area contributed by atoms with Crippen molar-refractivity contribution in [2.45, 2.75) is 51.9 Å². The molecule has 0 atom stereocenters. The Morgan fingerprint density at radius 2 is 0.821 bits per heavy atom. The summed E-state index contributed by atoms with van der Waals surface area (Å²) in [5, 5.41) is 0. The highest BCUT2D eigenvalue weighted by molar-refractivity contribution is 5.27. The second-order valence-electron chi connectivity index (χ2n) is 9.23. The molecule has 0 saturated carbocycles. The molecule has 0 unspecified atom stereocenters. The summed E-state index contributed by atoms with van der Waals surface area (Å²) in [6, 6.07) is 18.2. The van der Waals surface area contributed by atoms with Crippen LogP contribution < -0.4 is 9.47 Å². The van der Waals surface area contributed by atoms with E-state index < -0.39 is 0 Å². The van der Waals surface area contributed by atoms with E-state index in [4.69, 9.17) is 33.2 Å². The highest BCUT2D eigenvalue weighted by atomic mass is 16.6. The lowest BCUT2D eigenvalue weighted by Gasteiger charge is -2.09. The minimum Gasteiger partial charge on any atom is -0.491 e. The van der Waals surface area contributed by atoms with Crippen LogP contribution in [0.25, 0.3) is 0 Å². The third-order valence-electron chi connectivity index (χ3n) is 5.97. The Hall–Kier alpha value is -2.16. The van der Waals surface area contributed by atoms with Gasteiger partial charge in [0.1, 0.15) is 24.7 Å². The van der Waals surface area contributed by atoms with Crippen LogP contribution in [0.5, 0.6) is 11.5 Å². The van der Waals surface area contributed by atoms with Crippen molar-refractivity contribution in [2.75, 3.05) is 79.3 Å². The van der Waals surface area contributed by atoms with Gasteiger partial charge >= 0.3 is 0 Å². The fraction of sp³-hybridized carbons (Fsp3) is 0.625. The maximum Gasteiger partial charge on any atom is 0.119 e. The first-order chi connectivity index (χ1) is 19.4. The highest BCUT2D eigenvalue weighted by Gasteiger charge is 1.98. The van der Waals surface area contributed by atoms with Gasteiger partial charge in [-0.25, -0.2) is 0 Å². The SMILES string of the molecule is CCCCCCCCc1ccc(OCCOCCOCCOCCOCCOCCOc2ccccc2)cc1. The van der Waals surface area contributed by atoms with Gasteiger partial charge in [0, 0.05) is 0 Å². The molecule has 0 spiro atoms. The van der Waals surface area contributed by atoms with E-state index in [-0.39, 0.29) is 0 Å². The summed E-state index contributed by atoms with van der Waals surface area (Å²) < 4.78 is 38.9. The zero-order valence-electron chi connectivity index (χ0n) is 24.0. The minimum absolute atomic E-state index is 0.528. The van der Waals surface area contributed by atoms with Crippen LogP contribution >= 0.6 is 0 Å². The topological polar surface area (TPSA) is 64.6 Å². The van der Waals surface area contributed by atoms with E-state index in [0.29, 0.717) is 79.3 Å². The Morgan fingerprint density at radius 1 is 0.410 bits per heavy atom. The van der Waals surface area contributed by atoms with E-state index in [9.17, 15) is 0 Å². The average Bonchev–Trinajstić information content (AvgIpc) is 2.97. The van der Waals surface area contributed by atoms with Gasteiger partial charge in [-0.1, -0.05) is 69.4 Å². The third kappa shape index (κ3) is 19.5. The molecule has 0 radical (unpaired) electrons. The van der Waals surface area contributed by atoms with E-state index in [2.05, 4.69) is 31.2 Å². The first-order valence-corrected chi connectivity index (χ1v) is 14.7. The average molecular weight is 547 g/mol. The van der Waals surface area contributed by atoms with Crippen LogP contribution in [0.2, 0.25) is 0 Å². The van der Waals surface area contributed by atoms with E-state index >= 15 is 0 Å². The van der Waals surface area contributed by atoms with E-state index in [1.54, 1.807) is 0 Å². The molecule has 0 aliphatic carbocycles. The predicted molar refractivity (Wildman–Crippen MR) is 155 cm³/mol. The second kappa shape index (κ2) is 24.9. The zero-order chi connectivity index (χ0) is 27.5. The van der Waals surface area contributed by atoms with Crippen molar-refractivity contribution in [3.8, 4) is 11.5 Å². The first-order valence-electron chi connectivity index (χ1n) is 14.7. The predicted octanol–water partition coefficient (Wildman–Crippen LogP) is 6.13. The molecule has 0 bridgehead atoms. The van der Waals surface area contributed by atoms with Crippen LogP contribution in [-0.2, 0) is 30.1 Å². The van der Waals surface area contributed by atoms with Gasteiger partial charge in [0.25, 0.3) is 0 Å². The monoisotopic (exact) mass is 546 g/mol. The number of aryl methyl sites for hydroxylation is 1.